The van der Waals surface area contributed by atoms with Crippen molar-refractivity contribution in [3.63, 3.8) is 0 Å². The number of hydrogen-bond donors (Lipinski definition) is 1. The molecule has 0 atom stereocenters. The lowest BCUT2D eigenvalue weighted by Gasteiger charge is -2.07. The molecule has 2 aromatic heterocycles. The number of para-hydroxylation sites is 1. The number of aryl methyl sites for hydroxylation is 2. The number of H-pyrrole nitrogens is 1. The molecule has 0 saturated carbocycles. The van der Waals surface area contributed by atoms with E-state index in [9.17, 15) is 0 Å². The lowest BCUT2D eigenvalue weighted by atomic mass is 10.2. The van der Waals surface area contributed by atoms with Gasteiger partial charge in [0, 0.05) is 5.69 Å². The number of benzene rings is 1. The topological polar surface area (TPSA) is 33.6 Å². The third kappa shape index (κ3) is 1.66. The third-order valence-corrected chi connectivity index (χ3v) is 3.31. The molecule has 0 aliphatic heterocycles. The molecule has 0 unspecified atom stereocenters. The van der Waals surface area contributed by atoms with Crippen molar-refractivity contribution in [1.29, 1.82) is 0 Å². The highest BCUT2D eigenvalue weighted by molar-refractivity contribution is 7.71. The van der Waals surface area contributed by atoms with Gasteiger partial charge in [-0.2, -0.15) is 0 Å². The lowest BCUT2D eigenvalue weighted by molar-refractivity contribution is 1.02. The molecule has 1 aromatic carbocycles. The molecule has 0 saturated heterocycles. The molecule has 0 radical (unpaired) electrons. The Morgan fingerprint density at radius 1 is 1.11 bits per heavy atom. The number of hydrogen-bond acceptors (Lipinski definition) is 2. The second-order valence-electron chi connectivity index (χ2n) is 4.38. The maximum Gasteiger partial charge on any atom is 0.184 e. The van der Waals surface area contributed by atoms with Crippen molar-refractivity contribution in [2.45, 2.75) is 13.8 Å². The van der Waals surface area contributed by atoms with E-state index in [0.717, 1.165) is 22.5 Å². The summed E-state index contributed by atoms with van der Waals surface area (Å²) in [5.74, 6) is 0. The number of nitrogens with zero attached hydrogens (tertiary/aromatic N) is 2. The zero-order chi connectivity index (χ0) is 12.7. The summed E-state index contributed by atoms with van der Waals surface area (Å²) in [6.07, 6.45) is 0. The van der Waals surface area contributed by atoms with E-state index < -0.39 is 0 Å². The van der Waals surface area contributed by atoms with Gasteiger partial charge in [-0.15, -0.1) is 0 Å². The number of rotatable bonds is 1. The molecule has 0 amide bonds. The summed E-state index contributed by atoms with van der Waals surface area (Å²) in [6, 6.07) is 12.2. The third-order valence-electron chi connectivity index (χ3n) is 3.03. The second-order valence-corrected chi connectivity index (χ2v) is 4.76. The number of nitrogens with one attached hydrogen (secondary N) is 1. The molecule has 0 fully saturated rings. The molecule has 0 aliphatic rings. The molecule has 3 aromatic rings. The molecule has 0 spiro atoms. The van der Waals surface area contributed by atoms with E-state index in [1.165, 1.54) is 5.56 Å². The average molecular weight is 255 g/mol. The van der Waals surface area contributed by atoms with Crippen LogP contribution in [0.1, 0.15) is 11.3 Å². The Balaban J connectivity index is 2.42. The van der Waals surface area contributed by atoms with Crippen molar-refractivity contribution in [2.75, 3.05) is 0 Å². The van der Waals surface area contributed by atoms with Crippen molar-refractivity contribution in [2.24, 2.45) is 0 Å². The zero-order valence-corrected chi connectivity index (χ0v) is 11.1. The summed E-state index contributed by atoms with van der Waals surface area (Å²) in [4.78, 5) is 7.77. The smallest absolute Gasteiger partial charge is 0.184 e. The van der Waals surface area contributed by atoms with Gasteiger partial charge in [-0.25, -0.2) is 4.98 Å². The maximum atomic E-state index is 5.41. The van der Waals surface area contributed by atoms with Crippen LogP contribution in [0, 0.1) is 18.6 Å². The number of imidazole rings is 1. The highest BCUT2D eigenvalue weighted by Crippen LogP contribution is 2.20. The van der Waals surface area contributed by atoms with Crippen molar-refractivity contribution < 1.29 is 0 Å². The molecular weight excluding hydrogens is 242 g/mol. The van der Waals surface area contributed by atoms with Gasteiger partial charge in [-0.3, -0.25) is 4.57 Å². The Morgan fingerprint density at radius 3 is 2.67 bits per heavy atom. The molecule has 18 heavy (non-hydrogen) atoms. The van der Waals surface area contributed by atoms with Crippen molar-refractivity contribution in [1.82, 2.24) is 14.5 Å². The van der Waals surface area contributed by atoms with E-state index >= 15 is 0 Å². The summed E-state index contributed by atoms with van der Waals surface area (Å²) in [6.45, 7) is 4.06. The number of fused-ring (bicyclic) bond motifs is 1. The van der Waals surface area contributed by atoms with Gasteiger partial charge in [0.15, 0.2) is 10.4 Å². The normalized spacial score (nSPS) is 11.0. The summed E-state index contributed by atoms with van der Waals surface area (Å²) in [7, 11) is 0. The molecule has 0 bridgehead atoms. The first-order valence-corrected chi connectivity index (χ1v) is 6.22. The van der Waals surface area contributed by atoms with E-state index in [-0.39, 0.29) is 0 Å². The Hall–Kier alpha value is -1.94. The molecule has 90 valence electrons. The minimum atomic E-state index is 0.678. The Kier molecular flexibility index (Phi) is 2.52. The highest BCUT2D eigenvalue weighted by Gasteiger charge is 2.09. The first kappa shape index (κ1) is 11.2. The van der Waals surface area contributed by atoms with Crippen LogP contribution < -0.4 is 0 Å². The Bertz CT molecular complexity index is 783. The van der Waals surface area contributed by atoms with Gasteiger partial charge in [-0.05, 0) is 49.8 Å². The van der Waals surface area contributed by atoms with Crippen molar-refractivity contribution >= 4 is 23.4 Å². The molecule has 3 nitrogen and oxygen atoms in total. The predicted octanol–water partition coefficient (Wildman–Crippen LogP) is 3.70. The lowest BCUT2D eigenvalue weighted by Crippen LogP contribution is -1.98. The van der Waals surface area contributed by atoms with E-state index in [1.807, 2.05) is 35.8 Å². The zero-order valence-electron chi connectivity index (χ0n) is 10.3. The van der Waals surface area contributed by atoms with E-state index in [0.29, 0.717) is 4.77 Å². The van der Waals surface area contributed by atoms with E-state index in [2.05, 4.69) is 29.0 Å². The summed E-state index contributed by atoms with van der Waals surface area (Å²) in [5, 5.41) is 0. The quantitative estimate of drug-likeness (QED) is 0.673. The van der Waals surface area contributed by atoms with Crippen LogP contribution in [0.15, 0.2) is 36.4 Å². The largest absolute Gasteiger partial charge is 0.329 e. The number of aromatic nitrogens is 3. The summed E-state index contributed by atoms with van der Waals surface area (Å²) >= 11 is 5.41. The van der Waals surface area contributed by atoms with Gasteiger partial charge in [0.2, 0.25) is 0 Å². The fraction of sp³-hybridized carbons (Fsp3) is 0.143. The van der Waals surface area contributed by atoms with Crippen LogP contribution in [0.3, 0.4) is 0 Å². The van der Waals surface area contributed by atoms with Crippen LogP contribution in [0.4, 0.5) is 0 Å². The van der Waals surface area contributed by atoms with Gasteiger partial charge < -0.3 is 4.98 Å². The van der Waals surface area contributed by atoms with Crippen LogP contribution in [-0.4, -0.2) is 14.5 Å². The molecule has 4 heteroatoms. The molecular formula is C14H13N3S. The molecule has 3 rings (SSSR count). The highest BCUT2D eigenvalue weighted by atomic mass is 32.1. The predicted molar refractivity (Wildman–Crippen MR) is 75.7 cm³/mol. The van der Waals surface area contributed by atoms with Gasteiger partial charge >= 0.3 is 0 Å². The monoisotopic (exact) mass is 255 g/mol. The van der Waals surface area contributed by atoms with Crippen LogP contribution in [0.25, 0.3) is 16.9 Å². The minimum absolute atomic E-state index is 0.678. The second kappa shape index (κ2) is 4.07. The van der Waals surface area contributed by atoms with Crippen molar-refractivity contribution in [3.05, 3.63) is 52.4 Å². The molecule has 0 aliphatic carbocycles. The van der Waals surface area contributed by atoms with Crippen molar-refractivity contribution in [3.8, 4) is 5.69 Å². The van der Waals surface area contributed by atoms with Gasteiger partial charge in [0.25, 0.3) is 0 Å². The standard InChI is InChI=1S/C14H13N3S/c1-9-5-3-4-6-12(9)17-13-11(16-14(17)18)8-7-10(2)15-13/h3-8H,1-2H3,(H,16,18). The van der Waals surface area contributed by atoms with Gasteiger partial charge in [-0.1, -0.05) is 18.2 Å². The van der Waals surface area contributed by atoms with E-state index in [1.54, 1.807) is 0 Å². The van der Waals surface area contributed by atoms with Gasteiger partial charge in [0.1, 0.15) is 0 Å². The number of aromatic amines is 1. The van der Waals surface area contributed by atoms with Gasteiger partial charge in [0.05, 0.1) is 11.2 Å². The minimum Gasteiger partial charge on any atom is -0.329 e. The maximum absolute atomic E-state index is 5.41. The Morgan fingerprint density at radius 2 is 1.89 bits per heavy atom. The molecule has 2 heterocycles. The van der Waals surface area contributed by atoms with Crippen LogP contribution in [0.2, 0.25) is 0 Å². The molecule has 1 N–H and O–H groups in total. The fourth-order valence-corrected chi connectivity index (χ4v) is 2.41. The summed E-state index contributed by atoms with van der Waals surface area (Å²) < 4.78 is 2.67. The van der Waals surface area contributed by atoms with Crippen LogP contribution in [0.5, 0.6) is 0 Å². The first-order chi connectivity index (χ1) is 8.66. The Labute approximate surface area is 110 Å². The van der Waals surface area contributed by atoms with Crippen LogP contribution >= 0.6 is 12.2 Å². The summed E-state index contributed by atoms with van der Waals surface area (Å²) in [5.41, 5.74) is 5.09. The van der Waals surface area contributed by atoms with E-state index in [4.69, 9.17) is 12.2 Å². The van der Waals surface area contributed by atoms with Crippen LogP contribution in [-0.2, 0) is 0 Å². The fourth-order valence-electron chi connectivity index (χ4n) is 2.12. The number of pyridine rings is 1. The average Bonchev–Trinajstić information content (AvgIpc) is 2.66. The first-order valence-electron chi connectivity index (χ1n) is 5.81. The SMILES string of the molecule is Cc1ccc2[nH]c(=S)n(-c3ccccc3C)c2n1.